The van der Waals surface area contributed by atoms with Crippen LogP contribution in [0.5, 0.6) is 0 Å². The highest BCUT2D eigenvalue weighted by molar-refractivity contribution is 6.30. The van der Waals surface area contributed by atoms with E-state index in [0.29, 0.717) is 0 Å². The molecule has 0 N–H and O–H groups in total. The number of carbonyl (C=O) groups is 1. The van der Waals surface area contributed by atoms with Crippen molar-refractivity contribution in [1.82, 2.24) is 4.98 Å². The van der Waals surface area contributed by atoms with Crippen molar-refractivity contribution >= 4 is 17.6 Å². The van der Waals surface area contributed by atoms with Crippen molar-refractivity contribution < 1.29 is 18.3 Å². The number of ether oxygens (including phenoxy) is 1. The predicted octanol–water partition coefficient (Wildman–Crippen LogP) is 2.85. The van der Waals surface area contributed by atoms with Gasteiger partial charge in [-0.25, -0.2) is 13.6 Å². The molecule has 15 heavy (non-hydrogen) atoms. The van der Waals surface area contributed by atoms with Crippen LogP contribution >= 0.6 is 11.6 Å². The maximum absolute atomic E-state index is 12.4. The third-order valence-electron chi connectivity index (χ3n) is 1.59. The number of aromatic nitrogens is 1. The zero-order chi connectivity index (χ0) is 11.4. The van der Waals surface area contributed by atoms with Crippen molar-refractivity contribution in [1.29, 1.82) is 0 Å². The Bertz CT molecular complexity index is 371. The summed E-state index contributed by atoms with van der Waals surface area (Å²) in [6.45, 7) is 1.69. The van der Waals surface area contributed by atoms with E-state index in [1.54, 1.807) is 6.92 Å². The van der Waals surface area contributed by atoms with E-state index in [4.69, 9.17) is 11.6 Å². The van der Waals surface area contributed by atoms with Crippen LogP contribution in [0.3, 0.4) is 0 Å². The van der Waals surface area contributed by atoms with Gasteiger partial charge in [0.25, 0.3) is 6.43 Å². The number of halogens is 3. The van der Waals surface area contributed by atoms with E-state index >= 15 is 0 Å². The third kappa shape index (κ3) is 2.86. The van der Waals surface area contributed by atoms with Crippen LogP contribution in [-0.2, 0) is 4.74 Å². The minimum atomic E-state index is -2.83. The van der Waals surface area contributed by atoms with Gasteiger partial charge in [-0.05, 0) is 13.0 Å². The number of rotatable bonds is 3. The van der Waals surface area contributed by atoms with Gasteiger partial charge in [-0.3, -0.25) is 4.98 Å². The second-order valence-corrected chi connectivity index (χ2v) is 3.04. The van der Waals surface area contributed by atoms with Crippen molar-refractivity contribution in [2.24, 2.45) is 0 Å². The molecule has 0 saturated heterocycles. The fourth-order valence-electron chi connectivity index (χ4n) is 0.996. The molecular weight excluding hydrogens is 228 g/mol. The van der Waals surface area contributed by atoms with E-state index in [1.165, 1.54) is 0 Å². The Kier molecular flexibility index (Phi) is 3.96. The Balaban J connectivity index is 3.12. The molecule has 0 fully saturated rings. The van der Waals surface area contributed by atoms with Crippen molar-refractivity contribution in [2.75, 3.05) is 6.61 Å². The van der Waals surface area contributed by atoms with Crippen LogP contribution in [0.25, 0.3) is 0 Å². The zero-order valence-electron chi connectivity index (χ0n) is 7.84. The summed E-state index contributed by atoms with van der Waals surface area (Å²) >= 11 is 5.55. The Morgan fingerprint density at radius 3 is 2.87 bits per heavy atom. The summed E-state index contributed by atoms with van der Waals surface area (Å²) in [4.78, 5) is 14.7. The molecular formula is C9H8ClF2NO2. The fraction of sp³-hybridized carbons (Fsp3) is 0.333. The lowest BCUT2D eigenvalue weighted by atomic mass is 10.2. The van der Waals surface area contributed by atoms with Gasteiger partial charge >= 0.3 is 5.97 Å². The second kappa shape index (κ2) is 5.02. The number of esters is 1. The van der Waals surface area contributed by atoms with Crippen LogP contribution in [-0.4, -0.2) is 17.6 Å². The third-order valence-corrected chi connectivity index (χ3v) is 1.79. The highest BCUT2D eigenvalue weighted by Gasteiger charge is 2.21. The average Bonchev–Trinajstić information content (AvgIpc) is 2.17. The lowest BCUT2D eigenvalue weighted by molar-refractivity contribution is 0.0513. The summed E-state index contributed by atoms with van der Waals surface area (Å²) in [7, 11) is 0. The van der Waals surface area contributed by atoms with Crippen molar-refractivity contribution in [3.8, 4) is 0 Å². The molecule has 0 saturated carbocycles. The summed E-state index contributed by atoms with van der Waals surface area (Å²) in [5.41, 5.74) is -0.905. The van der Waals surface area contributed by atoms with Gasteiger partial charge in [-0.1, -0.05) is 11.6 Å². The molecule has 1 aromatic rings. The molecule has 0 amide bonds. The van der Waals surface area contributed by atoms with Crippen LogP contribution in [0.2, 0.25) is 5.02 Å². The van der Waals surface area contributed by atoms with Gasteiger partial charge < -0.3 is 4.74 Å². The van der Waals surface area contributed by atoms with Gasteiger partial charge in [0.2, 0.25) is 0 Å². The maximum Gasteiger partial charge on any atom is 0.340 e. The lowest BCUT2D eigenvalue weighted by Crippen LogP contribution is -2.10. The van der Waals surface area contributed by atoms with Crippen LogP contribution < -0.4 is 0 Å². The molecule has 0 aliphatic rings. The molecule has 82 valence electrons. The minimum Gasteiger partial charge on any atom is -0.462 e. The summed E-state index contributed by atoms with van der Waals surface area (Å²) in [5, 5.41) is 0.113. The highest BCUT2D eigenvalue weighted by atomic mass is 35.5. The molecule has 0 atom stereocenters. The monoisotopic (exact) mass is 235 g/mol. The lowest BCUT2D eigenvalue weighted by Gasteiger charge is -2.07. The number of pyridine rings is 1. The normalized spacial score (nSPS) is 10.5. The van der Waals surface area contributed by atoms with Crippen LogP contribution in [0.4, 0.5) is 8.78 Å². The smallest absolute Gasteiger partial charge is 0.340 e. The van der Waals surface area contributed by atoms with E-state index in [1.807, 2.05) is 0 Å². The standard InChI is InChI=1S/C9H8ClF2NO2/c1-2-15-9(14)6-3-5(10)4-13-7(6)8(11)12/h3-4,8H,2H2,1H3. The van der Waals surface area contributed by atoms with E-state index in [9.17, 15) is 13.6 Å². The van der Waals surface area contributed by atoms with Crippen molar-refractivity contribution in [3.63, 3.8) is 0 Å². The molecule has 1 rings (SSSR count). The van der Waals surface area contributed by atoms with E-state index in [-0.39, 0.29) is 17.2 Å². The molecule has 1 aromatic heterocycles. The summed E-state index contributed by atoms with van der Waals surface area (Å²) in [5.74, 6) is -0.845. The van der Waals surface area contributed by atoms with Gasteiger partial charge in [0.1, 0.15) is 5.69 Å². The first-order chi connectivity index (χ1) is 7.06. The highest BCUT2D eigenvalue weighted by Crippen LogP contribution is 2.23. The van der Waals surface area contributed by atoms with Crippen molar-refractivity contribution in [3.05, 3.63) is 28.5 Å². The predicted molar refractivity (Wildman–Crippen MR) is 50.2 cm³/mol. The Morgan fingerprint density at radius 2 is 2.33 bits per heavy atom. The molecule has 0 radical (unpaired) electrons. The van der Waals surface area contributed by atoms with Gasteiger partial charge in [0, 0.05) is 6.20 Å². The molecule has 6 heteroatoms. The molecule has 0 spiro atoms. The largest absolute Gasteiger partial charge is 0.462 e. The summed E-state index contributed by atoms with van der Waals surface area (Å²) in [6, 6.07) is 1.12. The Labute approximate surface area is 90.0 Å². The quantitative estimate of drug-likeness (QED) is 0.757. The molecule has 3 nitrogen and oxygen atoms in total. The number of nitrogens with zero attached hydrogens (tertiary/aromatic N) is 1. The van der Waals surface area contributed by atoms with Crippen LogP contribution in [0, 0.1) is 0 Å². The Hall–Kier alpha value is -1.23. The van der Waals surface area contributed by atoms with Crippen LogP contribution in [0.1, 0.15) is 29.4 Å². The number of hydrogen-bond acceptors (Lipinski definition) is 3. The molecule has 0 aromatic carbocycles. The molecule has 0 bridgehead atoms. The molecule has 0 unspecified atom stereocenters. The minimum absolute atomic E-state index is 0.105. The number of hydrogen-bond donors (Lipinski definition) is 0. The fourth-order valence-corrected chi connectivity index (χ4v) is 1.15. The van der Waals surface area contributed by atoms with Crippen molar-refractivity contribution in [2.45, 2.75) is 13.3 Å². The zero-order valence-corrected chi connectivity index (χ0v) is 8.59. The van der Waals surface area contributed by atoms with E-state index in [2.05, 4.69) is 9.72 Å². The van der Waals surface area contributed by atoms with E-state index in [0.717, 1.165) is 12.3 Å². The van der Waals surface area contributed by atoms with Gasteiger partial charge in [0.15, 0.2) is 0 Å². The topological polar surface area (TPSA) is 39.2 Å². The first-order valence-corrected chi connectivity index (χ1v) is 4.54. The molecule has 0 aliphatic carbocycles. The first-order valence-electron chi connectivity index (χ1n) is 4.17. The van der Waals surface area contributed by atoms with E-state index < -0.39 is 18.1 Å². The average molecular weight is 236 g/mol. The Morgan fingerprint density at radius 1 is 1.67 bits per heavy atom. The molecule has 1 heterocycles. The van der Waals surface area contributed by atoms with Crippen LogP contribution in [0.15, 0.2) is 12.3 Å². The first kappa shape index (κ1) is 11.8. The number of alkyl halides is 2. The number of carbonyl (C=O) groups excluding carboxylic acids is 1. The second-order valence-electron chi connectivity index (χ2n) is 2.61. The van der Waals surface area contributed by atoms with Gasteiger partial charge in [0.05, 0.1) is 17.2 Å². The summed E-state index contributed by atoms with van der Waals surface area (Å²) < 4.78 is 29.5. The SMILES string of the molecule is CCOC(=O)c1cc(Cl)cnc1C(F)F. The van der Waals surface area contributed by atoms with Gasteiger partial charge in [-0.15, -0.1) is 0 Å². The maximum atomic E-state index is 12.4. The summed E-state index contributed by atoms with van der Waals surface area (Å²) in [6.07, 6.45) is -1.77. The van der Waals surface area contributed by atoms with Gasteiger partial charge in [-0.2, -0.15) is 0 Å². The molecule has 0 aliphatic heterocycles.